The summed E-state index contributed by atoms with van der Waals surface area (Å²) in [6.45, 7) is 3.05. The molecule has 0 aliphatic carbocycles. The van der Waals surface area contributed by atoms with Crippen molar-refractivity contribution in [2.45, 2.75) is 32.1 Å². The second-order valence-corrected chi connectivity index (χ2v) is 6.78. The monoisotopic (exact) mass is 361 g/mol. The van der Waals surface area contributed by atoms with E-state index in [1.165, 1.54) is 6.07 Å². The minimum atomic E-state index is -0.134. The highest BCUT2D eigenvalue weighted by atomic mass is 35.5. The molecule has 1 aliphatic rings. The topological polar surface area (TPSA) is 86.3 Å². The molecule has 0 saturated carbocycles. The molecule has 0 radical (unpaired) electrons. The molecule has 0 spiro atoms. The molecule has 2 N–H and O–H groups in total. The number of nitrogens with one attached hydrogen (secondary N) is 1. The molecule has 2 heterocycles. The predicted octanol–water partition coefficient (Wildman–Crippen LogP) is 2.39. The Morgan fingerprint density at radius 3 is 2.72 bits per heavy atom. The van der Waals surface area contributed by atoms with Crippen LogP contribution in [0.25, 0.3) is 0 Å². The summed E-state index contributed by atoms with van der Waals surface area (Å²) < 4.78 is 0. The molecule has 1 amide bonds. The number of phenols is 1. The first-order valence-corrected chi connectivity index (χ1v) is 8.63. The van der Waals surface area contributed by atoms with Crippen molar-refractivity contribution in [3.63, 3.8) is 0 Å². The van der Waals surface area contributed by atoms with E-state index in [4.69, 9.17) is 11.6 Å². The van der Waals surface area contributed by atoms with Crippen LogP contribution in [0.15, 0.2) is 29.1 Å². The van der Waals surface area contributed by atoms with E-state index in [1.54, 1.807) is 25.1 Å². The highest BCUT2D eigenvalue weighted by molar-refractivity contribution is 6.32. The zero-order chi connectivity index (χ0) is 18.0. The summed E-state index contributed by atoms with van der Waals surface area (Å²) in [6.07, 6.45) is 1.84. The number of H-pyrrole nitrogens is 1. The van der Waals surface area contributed by atoms with E-state index in [-0.39, 0.29) is 34.6 Å². The SMILES string of the molecule is Cc1nc(C2CCN(C(=O)Cc3ccc(O)c(Cl)c3)CC2)cc(=O)[nH]1. The summed E-state index contributed by atoms with van der Waals surface area (Å²) >= 11 is 5.89. The van der Waals surface area contributed by atoms with E-state index in [0.29, 0.717) is 18.9 Å². The number of aromatic amines is 1. The van der Waals surface area contributed by atoms with Crippen molar-refractivity contribution in [3.05, 3.63) is 56.7 Å². The van der Waals surface area contributed by atoms with Crippen LogP contribution in [0.3, 0.4) is 0 Å². The normalized spacial score (nSPS) is 15.4. The lowest BCUT2D eigenvalue weighted by Crippen LogP contribution is -2.39. The first-order valence-electron chi connectivity index (χ1n) is 8.25. The summed E-state index contributed by atoms with van der Waals surface area (Å²) in [4.78, 5) is 33.0. The van der Waals surface area contributed by atoms with Gasteiger partial charge in [0.1, 0.15) is 11.6 Å². The zero-order valence-corrected chi connectivity index (χ0v) is 14.7. The van der Waals surface area contributed by atoms with Crippen LogP contribution in [0.5, 0.6) is 5.75 Å². The second-order valence-electron chi connectivity index (χ2n) is 6.37. The molecular weight excluding hydrogens is 342 g/mol. The van der Waals surface area contributed by atoms with E-state index in [1.807, 2.05) is 4.90 Å². The van der Waals surface area contributed by atoms with Gasteiger partial charge in [0, 0.05) is 25.1 Å². The van der Waals surface area contributed by atoms with Crippen LogP contribution in [-0.2, 0) is 11.2 Å². The maximum absolute atomic E-state index is 12.5. The van der Waals surface area contributed by atoms with Crippen LogP contribution < -0.4 is 5.56 Å². The number of benzene rings is 1. The van der Waals surface area contributed by atoms with Gasteiger partial charge < -0.3 is 15.0 Å². The van der Waals surface area contributed by atoms with Gasteiger partial charge in [-0.05, 0) is 37.5 Å². The summed E-state index contributed by atoms with van der Waals surface area (Å²) in [6, 6.07) is 6.37. The minimum Gasteiger partial charge on any atom is -0.506 e. The highest BCUT2D eigenvalue weighted by Gasteiger charge is 2.25. The Morgan fingerprint density at radius 2 is 2.08 bits per heavy atom. The van der Waals surface area contributed by atoms with E-state index >= 15 is 0 Å². The van der Waals surface area contributed by atoms with Crippen LogP contribution in [0.1, 0.15) is 35.8 Å². The van der Waals surface area contributed by atoms with Crippen molar-refractivity contribution in [1.82, 2.24) is 14.9 Å². The highest BCUT2D eigenvalue weighted by Crippen LogP contribution is 2.27. The lowest BCUT2D eigenvalue weighted by Gasteiger charge is -2.32. The molecule has 1 aromatic heterocycles. The van der Waals surface area contributed by atoms with E-state index < -0.39 is 0 Å². The lowest BCUT2D eigenvalue weighted by molar-refractivity contribution is -0.131. The molecule has 2 aromatic rings. The fourth-order valence-corrected chi connectivity index (χ4v) is 3.39. The molecule has 0 unspecified atom stereocenters. The molecule has 1 aliphatic heterocycles. The van der Waals surface area contributed by atoms with Crippen molar-refractivity contribution >= 4 is 17.5 Å². The Balaban J connectivity index is 1.60. The maximum Gasteiger partial charge on any atom is 0.251 e. The fraction of sp³-hybridized carbons (Fsp3) is 0.389. The van der Waals surface area contributed by atoms with Gasteiger partial charge in [-0.15, -0.1) is 0 Å². The molecule has 7 heteroatoms. The van der Waals surface area contributed by atoms with E-state index in [0.717, 1.165) is 24.1 Å². The number of aryl methyl sites for hydroxylation is 1. The van der Waals surface area contributed by atoms with Crippen LogP contribution in [0.2, 0.25) is 5.02 Å². The van der Waals surface area contributed by atoms with Crippen LogP contribution in [0.4, 0.5) is 0 Å². The number of hydrogen-bond acceptors (Lipinski definition) is 4. The number of carbonyl (C=O) groups excluding carboxylic acids is 1. The summed E-state index contributed by atoms with van der Waals surface area (Å²) in [7, 11) is 0. The number of piperidine rings is 1. The predicted molar refractivity (Wildman–Crippen MR) is 95.0 cm³/mol. The van der Waals surface area contributed by atoms with E-state index in [9.17, 15) is 14.7 Å². The zero-order valence-electron chi connectivity index (χ0n) is 14.0. The van der Waals surface area contributed by atoms with Gasteiger partial charge in [-0.1, -0.05) is 17.7 Å². The van der Waals surface area contributed by atoms with Crippen molar-refractivity contribution in [3.8, 4) is 5.75 Å². The third kappa shape index (κ3) is 4.20. The molecule has 1 saturated heterocycles. The second kappa shape index (κ2) is 7.27. The average molecular weight is 362 g/mol. The Morgan fingerprint density at radius 1 is 1.36 bits per heavy atom. The molecule has 25 heavy (non-hydrogen) atoms. The molecule has 0 atom stereocenters. The standard InChI is InChI=1S/C18H20ClN3O3/c1-11-20-15(10-17(24)21-11)13-4-6-22(7-5-13)18(25)9-12-2-3-16(23)14(19)8-12/h2-3,8,10,13,23H,4-7,9H2,1H3,(H,20,21,24). The largest absolute Gasteiger partial charge is 0.506 e. The van der Waals surface area contributed by atoms with Gasteiger partial charge in [-0.25, -0.2) is 4.98 Å². The number of phenolic OH excluding ortho intramolecular Hbond substituents is 1. The number of halogens is 1. The number of aromatic nitrogens is 2. The number of hydrogen-bond donors (Lipinski definition) is 2. The molecular formula is C18H20ClN3O3. The van der Waals surface area contributed by atoms with E-state index in [2.05, 4.69) is 9.97 Å². The Labute approximate surface area is 150 Å². The molecule has 1 aromatic carbocycles. The third-order valence-corrected chi connectivity index (χ3v) is 4.82. The number of aromatic hydroxyl groups is 1. The first kappa shape index (κ1) is 17.5. The summed E-state index contributed by atoms with van der Waals surface area (Å²) in [5, 5.41) is 9.70. The van der Waals surface area contributed by atoms with Crippen LogP contribution >= 0.6 is 11.6 Å². The molecule has 132 valence electrons. The Hall–Kier alpha value is -2.34. The van der Waals surface area contributed by atoms with Gasteiger partial charge in [-0.2, -0.15) is 0 Å². The number of likely N-dealkylation sites (tertiary alicyclic amines) is 1. The van der Waals surface area contributed by atoms with Crippen LogP contribution in [-0.4, -0.2) is 39.0 Å². The van der Waals surface area contributed by atoms with Gasteiger partial charge >= 0.3 is 0 Å². The fourth-order valence-electron chi connectivity index (χ4n) is 3.18. The summed E-state index contributed by atoms with van der Waals surface area (Å²) in [5.41, 5.74) is 1.45. The van der Waals surface area contributed by atoms with Crippen molar-refractivity contribution in [1.29, 1.82) is 0 Å². The van der Waals surface area contributed by atoms with Crippen LogP contribution in [0, 0.1) is 6.92 Å². The van der Waals surface area contributed by atoms with Crippen molar-refractivity contribution in [2.24, 2.45) is 0 Å². The van der Waals surface area contributed by atoms with Gasteiger partial charge in [0.25, 0.3) is 5.56 Å². The number of carbonyl (C=O) groups is 1. The quantitative estimate of drug-likeness (QED) is 0.878. The van der Waals surface area contributed by atoms with Gasteiger partial charge in [-0.3, -0.25) is 9.59 Å². The van der Waals surface area contributed by atoms with Crippen molar-refractivity contribution in [2.75, 3.05) is 13.1 Å². The Bertz CT molecular complexity index is 842. The first-order chi connectivity index (χ1) is 11.9. The van der Waals surface area contributed by atoms with Crippen molar-refractivity contribution < 1.29 is 9.90 Å². The lowest BCUT2D eigenvalue weighted by atomic mass is 9.93. The number of amides is 1. The molecule has 6 nitrogen and oxygen atoms in total. The number of rotatable bonds is 3. The number of nitrogens with zero attached hydrogens (tertiary/aromatic N) is 2. The average Bonchev–Trinajstić information content (AvgIpc) is 2.57. The molecule has 1 fully saturated rings. The van der Waals surface area contributed by atoms with Gasteiger partial charge in [0.15, 0.2) is 0 Å². The summed E-state index contributed by atoms with van der Waals surface area (Å²) in [5.74, 6) is 0.868. The molecule has 0 bridgehead atoms. The maximum atomic E-state index is 12.5. The van der Waals surface area contributed by atoms with Gasteiger partial charge in [0.05, 0.1) is 17.1 Å². The smallest absolute Gasteiger partial charge is 0.251 e. The van der Waals surface area contributed by atoms with Gasteiger partial charge in [0.2, 0.25) is 5.91 Å². The Kier molecular flexibility index (Phi) is 5.08. The third-order valence-electron chi connectivity index (χ3n) is 4.51. The minimum absolute atomic E-state index is 0.0133. The molecule has 3 rings (SSSR count).